The van der Waals surface area contributed by atoms with E-state index in [1.54, 1.807) is 30.1 Å². The monoisotopic (exact) mass is 344 g/mol. The van der Waals surface area contributed by atoms with Crippen molar-refractivity contribution >= 4 is 17.8 Å². The standard InChI is InChI=1S/C16H24N8O/c1-12(24-10-6-7-18-24)14(25)17-11-13-19-15(22(2)3)21-16(20-13)23-8-4-5-9-23/h6-7,10,12H,4-5,8-9,11H2,1-3H3,(H,17,25)/t12-/m0/s1. The van der Waals surface area contributed by atoms with Gasteiger partial charge in [0.15, 0.2) is 5.82 Å². The quantitative estimate of drug-likeness (QED) is 0.821. The zero-order valence-electron chi connectivity index (χ0n) is 14.9. The highest BCUT2D eigenvalue weighted by Gasteiger charge is 2.19. The number of hydrogen-bond acceptors (Lipinski definition) is 7. The lowest BCUT2D eigenvalue weighted by molar-refractivity contribution is -0.124. The van der Waals surface area contributed by atoms with E-state index in [0.29, 0.717) is 17.7 Å². The van der Waals surface area contributed by atoms with Crippen LogP contribution in [0.3, 0.4) is 0 Å². The molecule has 1 amide bonds. The van der Waals surface area contributed by atoms with Gasteiger partial charge < -0.3 is 15.1 Å². The van der Waals surface area contributed by atoms with E-state index in [1.165, 1.54) is 0 Å². The Morgan fingerprint density at radius 2 is 2.04 bits per heavy atom. The number of carbonyl (C=O) groups is 1. The van der Waals surface area contributed by atoms with Gasteiger partial charge in [0, 0.05) is 39.6 Å². The van der Waals surface area contributed by atoms with Crippen LogP contribution in [0.5, 0.6) is 0 Å². The van der Waals surface area contributed by atoms with Crippen molar-refractivity contribution < 1.29 is 4.79 Å². The molecular formula is C16H24N8O. The van der Waals surface area contributed by atoms with Crippen LogP contribution in [0.2, 0.25) is 0 Å². The van der Waals surface area contributed by atoms with Gasteiger partial charge in [0.05, 0.1) is 6.54 Å². The summed E-state index contributed by atoms with van der Waals surface area (Å²) in [5.74, 6) is 1.71. The average molecular weight is 344 g/mol. The molecule has 2 aromatic rings. The number of nitrogens with one attached hydrogen (secondary N) is 1. The van der Waals surface area contributed by atoms with Crippen LogP contribution < -0.4 is 15.1 Å². The summed E-state index contributed by atoms with van der Waals surface area (Å²) in [6.07, 6.45) is 5.72. The van der Waals surface area contributed by atoms with Crippen LogP contribution in [0.1, 0.15) is 31.6 Å². The first-order chi connectivity index (χ1) is 12.0. The number of rotatable bonds is 6. The lowest BCUT2D eigenvalue weighted by Crippen LogP contribution is -2.32. The minimum atomic E-state index is -0.386. The van der Waals surface area contributed by atoms with E-state index < -0.39 is 0 Å². The van der Waals surface area contributed by atoms with Crippen molar-refractivity contribution in [3.63, 3.8) is 0 Å². The molecule has 1 atom stereocenters. The third-order valence-corrected chi connectivity index (χ3v) is 4.17. The van der Waals surface area contributed by atoms with E-state index in [1.807, 2.05) is 19.0 Å². The molecule has 0 saturated carbocycles. The second-order valence-electron chi connectivity index (χ2n) is 6.32. The summed E-state index contributed by atoms with van der Waals surface area (Å²) in [7, 11) is 3.79. The fourth-order valence-corrected chi connectivity index (χ4v) is 2.68. The predicted octanol–water partition coefficient (Wildman–Crippen LogP) is 0.612. The third kappa shape index (κ3) is 4.04. The fourth-order valence-electron chi connectivity index (χ4n) is 2.68. The maximum Gasteiger partial charge on any atom is 0.244 e. The average Bonchev–Trinajstić information content (AvgIpc) is 3.32. The SMILES string of the molecule is C[C@@H](C(=O)NCc1nc(N(C)C)nc(N2CCCC2)n1)n1cccn1. The van der Waals surface area contributed by atoms with E-state index in [0.717, 1.165) is 25.9 Å². The summed E-state index contributed by atoms with van der Waals surface area (Å²) >= 11 is 0. The second-order valence-corrected chi connectivity index (χ2v) is 6.32. The highest BCUT2D eigenvalue weighted by molar-refractivity contribution is 5.79. The number of nitrogens with zero attached hydrogens (tertiary/aromatic N) is 7. The fraction of sp³-hybridized carbons (Fsp3) is 0.562. The Balaban J connectivity index is 1.71. The van der Waals surface area contributed by atoms with Crippen LogP contribution in [0, 0.1) is 0 Å². The van der Waals surface area contributed by atoms with Crippen molar-refractivity contribution in [1.82, 2.24) is 30.0 Å². The molecule has 1 aliphatic rings. The molecule has 9 heteroatoms. The van der Waals surface area contributed by atoms with Crippen LogP contribution in [0.25, 0.3) is 0 Å². The van der Waals surface area contributed by atoms with Gasteiger partial charge in [-0.05, 0) is 25.8 Å². The van der Waals surface area contributed by atoms with Crippen LogP contribution in [-0.2, 0) is 11.3 Å². The summed E-state index contributed by atoms with van der Waals surface area (Å²) in [6.45, 7) is 3.98. The highest BCUT2D eigenvalue weighted by Crippen LogP contribution is 2.18. The molecule has 0 bridgehead atoms. The van der Waals surface area contributed by atoms with Crippen molar-refractivity contribution in [2.45, 2.75) is 32.4 Å². The minimum Gasteiger partial charge on any atom is -0.347 e. The van der Waals surface area contributed by atoms with Gasteiger partial charge in [-0.2, -0.15) is 20.1 Å². The maximum atomic E-state index is 12.3. The van der Waals surface area contributed by atoms with Crippen LogP contribution in [0.15, 0.2) is 18.5 Å². The molecule has 3 heterocycles. The molecule has 1 aliphatic heterocycles. The van der Waals surface area contributed by atoms with Gasteiger partial charge in [-0.1, -0.05) is 0 Å². The Bertz CT molecular complexity index is 709. The van der Waals surface area contributed by atoms with Crippen molar-refractivity contribution in [3.05, 3.63) is 24.3 Å². The molecule has 1 N–H and O–H groups in total. The van der Waals surface area contributed by atoms with Gasteiger partial charge in [0.2, 0.25) is 17.8 Å². The molecule has 25 heavy (non-hydrogen) atoms. The topological polar surface area (TPSA) is 92.1 Å². The van der Waals surface area contributed by atoms with Crippen molar-refractivity contribution in [2.24, 2.45) is 0 Å². The molecule has 9 nitrogen and oxygen atoms in total. The highest BCUT2D eigenvalue weighted by atomic mass is 16.2. The van der Waals surface area contributed by atoms with E-state index in [9.17, 15) is 4.79 Å². The van der Waals surface area contributed by atoms with Crippen molar-refractivity contribution in [3.8, 4) is 0 Å². The third-order valence-electron chi connectivity index (χ3n) is 4.17. The van der Waals surface area contributed by atoms with Crippen LogP contribution in [0.4, 0.5) is 11.9 Å². The van der Waals surface area contributed by atoms with Gasteiger partial charge in [0.25, 0.3) is 0 Å². The molecule has 134 valence electrons. The number of anilines is 2. The number of amides is 1. The molecule has 0 unspecified atom stereocenters. The summed E-state index contributed by atoms with van der Waals surface area (Å²) in [6, 6.07) is 1.41. The zero-order valence-corrected chi connectivity index (χ0v) is 14.9. The van der Waals surface area contributed by atoms with Gasteiger partial charge in [-0.3, -0.25) is 9.48 Å². The first-order valence-corrected chi connectivity index (χ1v) is 8.48. The van der Waals surface area contributed by atoms with E-state index >= 15 is 0 Å². The van der Waals surface area contributed by atoms with E-state index in [2.05, 4.69) is 30.3 Å². The predicted molar refractivity (Wildman–Crippen MR) is 94.4 cm³/mol. The van der Waals surface area contributed by atoms with Crippen molar-refractivity contribution in [2.75, 3.05) is 37.0 Å². The number of carbonyl (C=O) groups excluding carboxylic acids is 1. The summed E-state index contributed by atoms with van der Waals surface area (Å²) in [5, 5.41) is 6.98. The molecule has 0 radical (unpaired) electrons. The lowest BCUT2D eigenvalue weighted by Gasteiger charge is -2.19. The normalized spacial score (nSPS) is 15.2. The Labute approximate surface area is 147 Å². The largest absolute Gasteiger partial charge is 0.347 e. The Morgan fingerprint density at radius 1 is 1.28 bits per heavy atom. The Hall–Kier alpha value is -2.71. The van der Waals surface area contributed by atoms with E-state index in [-0.39, 0.29) is 18.5 Å². The van der Waals surface area contributed by atoms with Crippen molar-refractivity contribution in [1.29, 1.82) is 0 Å². The van der Waals surface area contributed by atoms with E-state index in [4.69, 9.17) is 0 Å². The van der Waals surface area contributed by atoms with Gasteiger partial charge in [-0.25, -0.2) is 0 Å². The maximum absolute atomic E-state index is 12.3. The summed E-state index contributed by atoms with van der Waals surface area (Å²) < 4.78 is 1.61. The van der Waals surface area contributed by atoms with Crippen LogP contribution in [-0.4, -0.2) is 57.8 Å². The molecule has 1 saturated heterocycles. The Kier molecular flexibility index (Phi) is 5.11. The lowest BCUT2D eigenvalue weighted by atomic mass is 10.3. The molecule has 0 spiro atoms. The summed E-state index contributed by atoms with van der Waals surface area (Å²) in [5.41, 5.74) is 0. The first-order valence-electron chi connectivity index (χ1n) is 8.48. The smallest absolute Gasteiger partial charge is 0.244 e. The zero-order chi connectivity index (χ0) is 17.8. The molecule has 2 aromatic heterocycles. The Morgan fingerprint density at radius 3 is 2.68 bits per heavy atom. The summed E-state index contributed by atoms with van der Waals surface area (Å²) in [4.78, 5) is 29.8. The first kappa shape index (κ1) is 17.1. The van der Waals surface area contributed by atoms with Gasteiger partial charge in [-0.15, -0.1) is 0 Å². The number of hydrogen-bond donors (Lipinski definition) is 1. The molecule has 1 fully saturated rings. The second kappa shape index (κ2) is 7.45. The molecular weight excluding hydrogens is 320 g/mol. The molecule has 0 aromatic carbocycles. The molecule has 3 rings (SSSR count). The minimum absolute atomic E-state index is 0.127. The van der Waals surface area contributed by atoms with Crippen LogP contribution >= 0.6 is 0 Å². The van der Waals surface area contributed by atoms with Gasteiger partial charge in [0.1, 0.15) is 6.04 Å². The molecule has 0 aliphatic carbocycles. The number of aromatic nitrogens is 5. The van der Waals surface area contributed by atoms with Gasteiger partial charge >= 0.3 is 0 Å².